The number of anilines is 2. The van der Waals surface area contributed by atoms with Crippen molar-refractivity contribution in [2.45, 2.75) is 33.3 Å². The number of carbonyl (C=O) groups excluding carboxylic acids is 1. The summed E-state index contributed by atoms with van der Waals surface area (Å²) in [6, 6.07) is 3.83. The summed E-state index contributed by atoms with van der Waals surface area (Å²) in [5.74, 6) is 0.838. The number of aryl methyl sites for hydroxylation is 1. The van der Waals surface area contributed by atoms with Crippen molar-refractivity contribution in [3.05, 3.63) is 17.7 Å². The van der Waals surface area contributed by atoms with Gasteiger partial charge in [-0.1, -0.05) is 0 Å². The van der Waals surface area contributed by atoms with E-state index in [2.05, 4.69) is 4.90 Å². The molecule has 6 heteroatoms. The summed E-state index contributed by atoms with van der Waals surface area (Å²) in [6.45, 7) is 10.3. The second-order valence-corrected chi connectivity index (χ2v) is 6.84. The van der Waals surface area contributed by atoms with Crippen LogP contribution in [-0.2, 0) is 4.74 Å². The fourth-order valence-electron chi connectivity index (χ4n) is 2.74. The monoisotopic (exact) mass is 321 g/mol. The van der Waals surface area contributed by atoms with Crippen LogP contribution in [0, 0.1) is 6.92 Å². The molecular formula is C17H27N3O3. The zero-order valence-corrected chi connectivity index (χ0v) is 14.7. The number of ether oxygens (including phenoxy) is 2. The van der Waals surface area contributed by atoms with Gasteiger partial charge in [0.1, 0.15) is 11.4 Å². The van der Waals surface area contributed by atoms with Gasteiger partial charge in [-0.2, -0.15) is 0 Å². The van der Waals surface area contributed by atoms with Crippen LogP contribution < -0.4 is 15.4 Å². The number of methoxy groups -OCH3 is 1. The van der Waals surface area contributed by atoms with Gasteiger partial charge in [-0.05, 0) is 45.4 Å². The Bertz CT molecular complexity index is 573. The topological polar surface area (TPSA) is 68.0 Å². The first kappa shape index (κ1) is 17.2. The van der Waals surface area contributed by atoms with Gasteiger partial charge in [0.15, 0.2) is 0 Å². The molecule has 1 aliphatic rings. The summed E-state index contributed by atoms with van der Waals surface area (Å²) < 4.78 is 10.9. The van der Waals surface area contributed by atoms with Crippen molar-refractivity contribution in [1.29, 1.82) is 0 Å². The normalized spacial score (nSPS) is 15.5. The van der Waals surface area contributed by atoms with E-state index in [4.69, 9.17) is 15.2 Å². The summed E-state index contributed by atoms with van der Waals surface area (Å²) >= 11 is 0. The average Bonchev–Trinajstić information content (AvgIpc) is 2.45. The van der Waals surface area contributed by atoms with Crippen LogP contribution in [0.1, 0.15) is 26.3 Å². The minimum atomic E-state index is -0.470. The number of carbonyl (C=O) groups is 1. The number of benzene rings is 1. The smallest absolute Gasteiger partial charge is 0.410 e. The van der Waals surface area contributed by atoms with Crippen molar-refractivity contribution in [3.8, 4) is 5.75 Å². The number of nitrogens with two attached hydrogens (primary N) is 1. The molecule has 0 aliphatic carbocycles. The van der Waals surface area contributed by atoms with Gasteiger partial charge in [0.05, 0.1) is 12.8 Å². The molecule has 0 aromatic heterocycles. The quantitative estimate of drug-likeness (QED) is 0.848. The molecule has 1 aliphatic heterocycles. The zero-order valence-electron chi connectivity index (χ0n) is 14.7. The highest BCUT2D eigenvalue weighted by molar-refractivity contribution is 5.71. The number of piperazine rings is 1. The molecule has 1 aromatic rings. The van der Waals surface area contributed by atoms with Crippen LogP contribution in [-0.4, -0.2) is 49.9 Å². The lowest BCUT2D eigenvalue weighted by molar-refractivity contribution is 0.0240. The van der Waals surface area contributed by atoms with E-state index in [9.17, 15) is 4.79 Å². The van der Waals surface area contributed by atoms with E-state index in [1.165, 1.54) is 0 Å². The molecule has 128 valence electrons. The number of rotatable bonds is 2. The molecule has 1 saturated heterocycles. The minimum absolute atomic E-state index is 0.257. The highest BCUT2D eigenvalue weighted by atomic mass is 16.6. The Morgan fingerprint density at radius 1 is 1.17 bits per heavy atom. The molecular weight excluding hydrogens is 294 g/mol. The maximum absolute atomic E-state index is 12.1. The van der Waals surface area contributed by atoms with Gasteiger partial charge in [0.25, 0.3) is 0 Å². The fourth-order valence-corrected chi connectivity index (χ4v) is 2.74. The SMILES string of the molecule is COc1c(C)cc(N)cc1N1CCN(C(=O)OC(C)(C)C)CC1. The summed E-state index contributed by atoms with van der Waals surface area (Å²) in [6.07, 6.45) is -0.257. The number of nitrogens with zero attached hydrogens (tertiary/aromatic N) is 2. The van der Waals surface area contributed by atoms with E-state index in [-0.39, 0.29) is 6.09 Å². The van der Waals surface area contributed by atoms with Crippen LogP contribution in [0.15, 0.2) is 12.1 Å². The summed E-state index contributed by atoms with van der Waals surface area (Å²) in [5.41, 5.74) is 8.21. The molecule has 1 amide bonds. The van der Waals surface area contributed by atoms with Gasteiger partial charge >= 0.3 is 6.09 Å². The molecule has 0 bridgehead atoms. The summed E-state index contributed by atoms with van der Waals surface area (Å²) in [4.78, 5) is 16.1. The highest BCUT2D eigenvalue weighted by Crippen LogP contribution is 2.34. The van der Waals surface area contributed by atoms with Crippen molar-refractivity contribution in [2.75, 3.05) is 43.9 Å². The Hall–Kier alpha value is -2.11. The summed E-state index contributed by atoms with van der Waals surface area (Å²) in [7, 11) is 1.67. The standard InChI is InChI=1S/C17H27N3O3/c1-12-10-13(18)11-14(15(12)22-5)19-6-8-20(9-7-19)16(21)23-17(2,3)4/h10-11H,6-9,18H2,1-5H3. The number of hydrogen-bond donors (Lipinski definition) is 1. The maximum atomic E-state index is 12.1. The molecule has 2 rings (SSSR count). The third-order valence-electron chi connectivity index (χ3n) is 3.75. The lowest BCUT2D eigenvalue weighted by Crippen LogP contribution is -2.50. The van der Waals surface area contributed by atoms with Gasteiger partial charge in [-0.15, -0.1) is 0 Å². The molecule has 1 fully saturated rings. The van der Waals surface area contributed by atoms with Crippen molar-refractivity contribution in [3.63, 3.8) is 0 Å². The van der Waals surface area contributed by atoms with Crippen molar-refractivity contribution < 1.29 is 14.3 Å². The lowest BCUT2D eigenvalue weighted by Gasteiger charge is -2.37. The van der Waals surface area contributed by atoms with E-state index in [0.29, 0.717) is 18.8 Å². The van der Waals surface area contributed by atoms with Gasteiger partial charge in [0.2, 0.25) is 0 Å². The Morgan fingerprint density at radius 3 is 2.30 bits per heavy atom. The van der Waals surface area contributed by atoms with Crippen molar-refractivity contribution in [1.82, 2.24) is 4.90 Å². The van der Waals surface area contributed by atoms with E-state index in [0.717, 1.165) is 30.1 Å². The lowest BCUT2D eigenvalue weighted by atomic mass is 10.1. The second kappa shape index (κ2) is 6.56. The summed E-state index contributed by atoms with van der Waals surface area (Å²) in [5, 5.41) is 0. The fraction of sp³-hybridized carbons (Fsp3) is 0.588. The van der Waals surface area contributed by atoms with E-state index in [1.807, 2.05) is 39.8 Å². The molecule has 0 spiro atoms. The first-order valence-electron chi connectivity index (χ1n) is 7.88. The second-order valence-electron chi connectivity index (χ2n) is 6.84. The van der Waals surface area contributed by atoms with Gasteiger partial charge in [0, 0.05) is 31.9 Å². The van der Waals surface area contributed by atoms with Gasteiger partial charge < -0.3 is 25.0 Å². The Balaban J connectivity index is 2.06. The van der Waals surface area contributed by atoms with Crippen LogP contribution in [0.2, 0.25) is 0 Å². The first-order chi connectivity index (χ1) is 10.7. The number of hydrogen-bond acceptors (Lipinski definition) is 5. The van der Waals surface area contributed by atoms with Crippen LogP contribution in [0.5, 0.6) is 5.75 Å². The molecule has 1 aromatic carbocycles. The highest BCUT2D eigenvalue weighted by Gasteiger charge is 2.27. The predicted octanol–water partition coefficient (Wildman–Crippen LogP) is 2.64. The number of amides is 1. The van der Waals surface area contributed by atoms with Gasteiger partial charge in [-0.25, -0.2) is 4.79 Å². The molecule has 0 unspecified atom stereocenters. The average molecular weight is 321 g/mol. The third-order valence-corrected chi connectivity index (χ3v) is 3.75. The zero-order chi connectivity index (χ0) is 17.2. The van der Waals surface area contributed by atoms with E-state index >= 15 is 0 Å². The first-order valence-corrected chi connectivity index (χ1v) is 7.88. The molecule has 0 radical (unpaired) electrons. The van der Waals surface area contributed by atoms with Crippen molar-refractivity contribution in [2.24, 2.45) is 0 Å². The number of nitrogen functional groups attached to an aromatic ring is 1. The van der Waals surface area contributed by atoms with Crippen molar-refractivity contribution >= 4 is 17.5 Å². The Kier molecular flexibility index (Phi) is 4.92. The Labute approximate surface area is 138 Å². The Morgan fingerprint density at radius 2 is 1.78 bits per heavy atom. The molecule has 2 N–H and O–H groups in total. The van der Waals surface area contributed by atoms with Crippen LogP contribution in [0.25, 0.3) is 0 Å². The molecule has 1 heterocycles. The molecule has 0 atom stereocenters. The van der Waals surface area contributed by atoms with Crippen LogP contribution >= 0.6 is 0 Å². The van der Waals surface area contributed by atoms with Crippen LogP contribution in [0.4, 0.5) is 16.2 Å². The van der Waals surface area contributed by atoms with E-state index in [1.54, 1.807) is 12.0 Å². The molecule has 6 nitrogen and oxygen atoms in total. The van der Waals surface area contributed by atoms with E-state index < -0.39 is 5.60 Å². The predicted molar refractivity (Wildman–Crippen MR) is 92.2 cm³/mol. The minimum Gasteiger partial charge on any atom is -0.494 e. The van der Waals surface area contributed by atoms with Crippen LogP contribution in [0.3, 0.4) is 0 Å². The maximum Gasteiger partial charge on any atom is 0.410 e. The largest absolute Gasteiger partial charge is 0.494 e. The molecule has 23 heavy (non-hydrogen) atoms. The van der Waals surface area contributed by atoms with Gasteiger partial charge in [-0.3, -0.25) is 0 Å². The molecule has 0 saturated carbocycles. The third kappa shape index (κ3) is 4.21.